The van der Waals surface area contributed by atoms with E-state index in [0.717, 1.165) is 0 Å². The van der Waals surface area contributed by atoms with E-state index in [-0.39, 0.29) is 120 Å². The maximum atomic E-state index is 14.4. The summed E-state index contributed by atoms with van der Waals surface area (Å²) < 4.78 is 0. The van der Waals surface area contributed by atoms with Crippen molar-refractivity contribution in [2.75, 3.05) is 45.1 Å². The minimum absolute atomic E-state index is 0.0113. The molecule has 38 nitrogen and oxygen atoms in total. The number of nitrogens with zero attached hydrogens (tertiary/aromatic N) is 1. The number of carbonyl (C=O) groups excluding carboxylic acids is 13. The summed E-state index contributed by atoms with van der Waals surface area (Å²) >= 11 is 4.30. The van der Waals surface area contributed by atoms with Gasteiger partial charge < -0.3 is 119 Å². The van der Waals surface area contributed by atoms with Crippen molar-refractivity contribution in [3.8, 4) is 0 Å². The number of aliphatic hydroxyl groups excluding tert-OH is 1. The number of aliphatic imine (C=N–C) groups is 1. The van der Waals surface area contributed by atoms with Crippen molar-refractivity contribution in [3.05, 3.63) is 0 Å². The molecule has 0 radical (unpaired) electrons. The van der Waals surface area contributed by atoms with Crippen molar-refractivity contribution >= 4 is 107 Å². The third-order valence-corrected chi connectivity index (χ3v) is 16.3. The van der Waals surface area contributed by atoms with Gasteiger partial charge in [0, 0.05) is 12.3 Å². The lowest BCUT2D eigenvalue weighted by Gasteiger charge is -2.29. The molecule has 0 aliphatic heterocycles. The van der Waals surface area contributed by atoms with Gasteiger partial charge in [0.25, 0.3) is 0 Å². The van der Waals surface area contributed by atoms with E-state index in [2.05, 4.69) is 86.7 Å². The highest BCUT2D eigenvalue weighted by atomic mass is 32.1. The van der Waals surface area contributed by atoms with E-state index >= 15 is 0 Å². The molecule has 0 aromatic rings. The summed E-state index contributed by atoms with van der Waals surface area (Å²) in [4.78, 5) is 207. The summed E-state index contributed by atoms with van der Waals surface area (Å²) in [5, 5.41) is 62.3. The van der Waals surface area contributed by atoms with Crippen LogP contribution in [0.3, 0.4) is 0 Å². The maximum absolute atomic E-state index is 14.4. The number of aliphatic hydroxyl groups is 1. The molecule has 0 heterocycles. The first-order chi connectivity index (χ1) is 48.8. The van der Waals surface area contributed by atoms with Crippen LogP contribution in [-0.4, -0.2) is 234 Å². The Kier molecular flexibility index (Phi) is 47.4. The molecule has 0 spiro atoms. The standard InChI is InChI=1S/C65H120N20O18S/c1-33(2)26-43(80-56(94)40(19-12-15-23-67)76-59(97)45(29-50(88)89)79-52(90)37(9)73-49(87)30-69)58(96)84-48(32-104)62(100)77-42(21-17-25-72-65(70)71)55(93)75-39(18-11-14-22-66)54(92)74-38(10)53(91)83-47(31-86)61(99)81-44(27-34(3)4)60(98)85-51(36(7)8)63(101)78-41(20-13-16-24-68)57(95)82-46(64(102)103)28-35(5)6/h33-48,51,86,104H,11-32,66-69H2,1-10H3,(H,73,87)(H,74,92)(H,75,93)(H,76,97)(H,77,100)(H,78,101)(H,79,90)(H,80,94)(H,81,99)(H,82,95)(H,83,91)(H,84,96)(H,85,98)(H,88,89)(H,102,103)(H4,70,71,72)/t37-,38-,39-,40-,41-,42-,43-,44-,45-,46-,47-,48-,51-/m0/s1. The Morgan fingerprint density at radius 1 is 0.365 bits per heavy atom. The van der Waals surface area contributed by atoms with Crippen molar-refractivity contribution in [2.24, 2.45) is 63.1 Å². The molecule has 0 fully saturated rings. The van der Waals surface area contributed by atoms with Gasteiger partial charge in [-0.15, -0.1) is 0 Å². The lowest BCUT2D eigenvalue weighted by molar-refractivity contribution is -0.143. The predicted molar refractivity (Wildman–Crippen MR) is 388 cm³/mol. The van der Waals surface area contributed by atoms with Crippen molar-refractivity contribution < 1.29 is 87.2 Å². The first-order valence-electron chi connectivity index (χ1n) is 35.3. The van der Waals surface area contributed by atoms with Gasteiger partial charge in [0.2, 0.25) is 76.8 Å². The van der Waals surface area contributed by atoms with Crippen LogP contribution in [0.1, 0.15) is 166 Å². The summed E-state index contributed by atoms with van der Waals surface area (Å²) in [7, 11) is 0. The van der Waals surface area contributed by atoms with Gasteiger partial charge in [-0.3, -0.25) is 72.1 Å². The van der Waals surface area contributed by atoms with E-state index in [1.165, 1.54) is 13.8 Å². The fourth-order valence-corrected chi connectivity index (χ4v) is 10.5. The molecule has 13 amide bonds. The van der Waals surface area contributed by atoms with Crippen LogP contribution in [0.2, 0.25) is 0 Å². The van der Waals surface area contributed by atoms with E-state index in [9.17, 15) is 87.2 Å². The summed E-state index contributed by atoms with van der Waals surface area (Å²) in [6, 6.07) is -18.6. The highest BCUT2D eigenvalue weighted by Crippen LogP contribution is 2.15. The van der Waals surface area contributed by atoms with Crippen LogP contribution < -0.4 is 104 Å². The van der Waals surface area contributed by atoms with Gasteiger partial charge in [0.15, 0.2) is 5.96 Å². The van der Waals surface area contributed by atoms with Crippen molar-refractivity contribution in [2.45, 2.75) is 244 Å². The van der Waals surface area contributed by atoms with Crippen LogP contribution >= 0.6 is 12.6 Å². The number of hydrogen-bond donors (Lipinski definition) is 23. The van der Waals surface area contributed by atoms with E-state index in [4.69, 9.17) is 34.4 Å². The molecule has 0 unspecified atom stereocenters. The van der Waals surface area contributed by atoms with E-state index in [1.807, 2.05) is 0 Å². The molecule has 0 aromatic heterocycles. The average molecular weight is 1500 g/mol. The Morgan fingerprint density at radius 2 is 0.683 bits per heavy atom. The van der Waals surface area contributed by atoms with Gasteiger partial charge in [-0.25, -0.2) is 4.79 Å². The van der Waals surface area contributed by atoms with Crippen LogP contribution in [0, 0.1) is 23.7 Å². The maximum Gasteiger partial charge on any atom is 0.326 e. The summed E-state index contributed by atoms with van der Waals surface area (Å²) in [6.45, 7) is 15.4. The number of nitrogens with one attached hydrogen (secondary N) is 13. The third kappa shape index (κ3) is 38.8. The van der Waals surface area contributed by atoms with E-state index < -0.39 is 193 Å². The van der Waals surface area contributed by atoms with Gasteiger partial charge in [0.1, 0.15) is 78.5 Å². The number of nitrogens with two attached hydrogens (primary N) is 6. The molecule has 13 atom stereocenters. The van der Waals surface area contributed by atoms with E-state index in [1.54, 1.807) is 55.4 Å². The predicted octanol–water partition coefficient (Wildman–Crippen LogP) is -6.00. The Labute approximate surface area is 613 Å². The van der Waals surface area contributed by atoms with Crippen molar-refractivity contribution in [1.29, 1.82) is 0 Å². The minimum Gasteiger partial charge on any atom is -0.481 e. The number of carboxylic acid groups (broad SMARTS) is 2. The quantitative estimate of drug-likeness (QED) is 0.0117. The van der Waals surface area contributed by atoms with Crippen LogP contribution in [0.25, 0.3) is 0 Å². The normalized spacial score (nSPS) is 15.0. The Balaban J connectivity index is 6.80. The molecule has 0 bridgehead atoms. The molecule has 104 heavy (non-hydrogen) atoms. The van der Waals surface area contributed by atoms with Gasteiger partial charge >= 0.3 is 11.9 Å². The molecule has 0 saturated carbocycles. The van der Waals surface area contributed by atoms with Crippen LogP contribution in [0.5, 0.6) is 0 Å². The van der Waals surface area contributed by atoms with E-state index in [0.29, 0.717) is 25.7 Å². The molecule has 594 valence electrons. The van der Waals surface area contributed by atoms with Crippen LogP contribution in [0.4, 0.5) is 0 Å². The number of rotatable bonds is 54. The second-order valence-corrected chi connectivity index (χ2v) is 27.4. The topological polar surface area (TPSA) is 642 Å². The van der Waals surface area contributed by atoms with Crippen molar-refractivity contribution in [3.63, 3.8) is 0 Å². The fourth-order valence-electron chi connectivity index (χ4n) is 10.2. The second kappa shape index (κ2) is 51.6. The zero-order valence-electron chi connectivity index (χ0n) is 61.7. The first-order valence-corrected chi connectivity index (χ1v) is 35.9. The van der Waals surface area contributed by atoms with Gasteiger partial charge in [-0.05, 0) is 147 Å². The lowest BCUT2D eigenvalue weighted by Crippen LogP contribution is -2.61. The monoisotopic (exact) mass is 1500 g/mol. The van der Waals surface area contributed by atoms with Gasteiger partial charge in [-0.2, -0.15) is 12.6 Å². The number of unbranched alkanes of at least 4 members (excludes halogenated alkanes) is 3. The zero-order chi connectivity index (χ0) is 79.5. The number of guanidine groups is 1. The molecule has 0 rings (SSSR count). The SMILES string of the molecule is CC(C)C[C@H](NC(=O)[C@H](CCCCN)NC(=O)[C@@H](NC(=O)[C@H](CC(C)C)NC(=O)[C@H](CO)NC(=O)[C@H](C)NC(=O)[C@H](CCCCN)NC(=O)[C@H](CCCN=C(N)N)NC(=O)[C@H](CS)NC(=O)[C@H](CC(C)C)NC(=O)[C@H](CCCCN)NC(=O)[C@H](CC(=O)O)NC(=O)[C@H](C)NC(=O)CN)C(C)C)C(=O)O. The summed E-state index contributed by atoms with van der Waals surface area (Å²) in [5.74, 6) is -16.5. The number of amides is 13. The summed E-state index contributed by atoms with van der Waals surface area (Å²) in [6.07, 6.45) is 1.07. The number of carboxylic acids is 2. The van der Waals surface area contributed by atoms with Gasteiger partial charge in [0.05, 0.1) is 19.6 Å². The lowest BCUT2D eigenvalue weighted by atomic mass is 9.98. The molecule has 39 heteroatoms. The molecular formula is C65H120N20O18S. The number of carbonyl (C=O) groups is 15. The third-order valence-electron chi connectivity index (χ3n) is 15.9. The van der Waals surface area contributed by atoms with Crippen molar-refractivity contribution in [1.82, 2.24) is 69.1 Å². The highest BCUT2D eigenvalue weighted by molar-refractivity contribution is 7.80. The molecule has 0 aliphatic carbocycles. The second-order valence-electron chi connectivity index (χ2n) is 27.1. The van der Waals surface area contributed by atoms with Gasteiger partial charge in [-0.1, -0.05) is 55.4 Å². The Hall–Kier alpha value is -8.53. The number of hydrogen-bond acceptors (Lipinski definition) is 22. The fraction of sp³-hybridized carbons (Fsp3) is 0.754. The smallest absolute Gasteiger partial charge is 0.326 e. The highest BCUT2D eigenvalue weighted by Gasteiger charge is 2.38. The molecule has 0 aromatic carbocycles. The molecule has 0 aliphatic rings. The Bertz CT molecular complexity index is 2830. The minimum atomic E-state index is -1.75. The first kappa shape index (κ1) is 95.5. The number of aliphatic carboxylic acids is 2. The van der Waals surface area contributed by atoms with Crippen LogP contribution in [-0.2, 0) is 71.9 Å². The van der Waals surface area contributed by atoms with Crippen LogP contribution in [0.15, 0.2) is 4.99 Å². The molecule has 28 N–H and O–H groups in total. The number of thiol groups is 1. The largest absolute Gasteiger partial charge is 0.481 e. The summed E-state index contributed by atoms with van der Waals surface area (Å²) in [5.41, 5.74) is 33.6. The Morgan fingerprint density at radius 3 is 1.06 bits per heavy atom. The molecular weight excluding hydrogens is 1380 g/mol. The molecule has 0 saturated heterocycles. The average Bonchev–Trinajstić information content (AvgIpc) is 0.864. The zero-order valence-corrected chi connectivity index (χ0v) is 62.6.